The van der Waals surface area contributed by atoms with Crippen molar-refractivity contribution < 1.29 is 14.2 Å². The van der Waals surface area contributed by atoms with Gasteiger partial charge in [0.05, 0.1) is 24.3 Å². The molecule has 4 nitrogen and oxygen atoms in total. The van der Waals surface area contributed by atoms with Crippen LogP contribution in [-0.2, 0) is 15.9 Å². The minimum absolute atomic E-state index is 0.0655. The van der Waals surface area contributed by atoms with Crippen molar-refractivity contribution in [3.05, 3.63) is 41.5 Å². The molecule has 4 heteroatoms. The second kappa shape index (κ2) is 4.28. The Labute approximate surface area is 134 Å². The second-order valence-corrected chi connectivity index (χ2v) is 6.95. The first-order chi connectivity index (χ1) is 11.1. The number of hydrogen-bond acceptors (Lipinski definition) is 3. The van der Waals surface area contributed by atoms with Gasteiger partial charge in [0.15, 0.2) is 6.29 Å². The van der Waals surface area contributed by atoms with Crippen molar-refractivity contribution in [1.29, 1.82) is 0 Å². The molecule has 2 aromatic carbocycles. The van der Waals surface area contributed by atoms with Gasteiger partial charge < -0.3 is 19.2 Å². The Bertz CT molecular complexity index is 941. The van der Waals surface area contributed by atoms with Gasteiger partial charge in [0.1, 0.15) is 5.75 Å². The first-order valence-electron chi connectivity index (χ1n) is 8.02. The molecule has 0 amide bonds. The molecule has 2 bridgehead atoms. The van der Waals surface area contributed by atoms with Crippen LogP contribution in [0.2, 0.25) is 0 Å². The van der Waals surface area contributed by atoms with Crippen molar-refractivity contribution in [3.8, 4) is 5.75 Å². The molecular weight excluding hydrogens is 290 g/mol. The molecule has 0 aliphatic carbocycles. The maximum atomic E-state index is 6.15. The Balaban J connectivity index is 1.85. The van der Waals surface area contributed by atoms with Crippen molar-refractivity contribution in [1.82, 2.24) is 4.98 Å². The molecule has 2 atom stereocenters. The number of H-pyrrole nitrogens is 1. The monoisotopic (exact) mass is 309 g/mol. The molecule has 0 saturated carbocycles. The predicted octanol–water partition coefficient (Wildman–Crippen LogP) is 4.08. The molecule has 0 spiro atoms. The van der Waals surface area contributed by atoms with Gasteiger partial charge in [0.2, 0.25) is 0 Å². The Hall–Kier alpha value is -2.04. The normalized spacial score (nSPS) is 25.0. The molecule has 118 valence electrons. The third-order valence-electron chi connectivity index (χ3n) is 5.22. The van der Waals surface area contributed by atoms with Crippen LogP contribution >= 0.6 is 0 Å². The van der Waals surface area contributed by atoms with Gasteiger partial charge in [0.25, 0.3) is 0 Å². The zero-order chi connectivity index (χ0) is 15.8. The maximum Gasteiger partial charge on any atom is 0.185 e. The van der Waals surface area contributed by atoms with Crippen LogP contribution in [0.25, 0.3) is 21.8 Å². The van der Waals surface area contributed by atoms with Crippen LogP contribution in [-0.4, -0.2) is 23.8 Å². The van der Waals surface area contributed by atoms with E-state index in [-0.39, 0.29) is 18.0 Å². The highest BCUT2D eigenvalue weighted by Gasteiger charge is 2.48. The molecule has 3 heterocycles. The quantitative estimate of drug-likeness (QED) is 0.736. The number of benzene rings is 2. The minimum Gasteiger partial charge on any atom is -0.494 e. The number of methoxy groups -OCH3 is 1. The molecule has 1 N–H and O–H groups in total. The van der Waals surface area contributed by atoms with Gasteiger partial charge in [-0.15, -0.1) is 0 Å². The molecule has 23 heavy (non-hydrogen) atoms. The zero-order valence-electron chi connectivity index (χ0n) is 13.5. The number of ether oxygens (including phenoxy) is 3. The lowest BCUT2D eigenvalue weighted by Crippen LogP contribution is -2.34. The molecule has 2 aliphatic rings. The Morgan fingerprint density at radius 2 is 2.04 bits per heavy atom. The first kappa shape index (κ1) is 13.4. The topological polar surface area (TPSA) is 43.5 Å². The van der Waals surface area contributed by atoms with Gasteiger partial charge >= 0.3 is 0 Å². The first-order valence-corrected chi connectivity index (χ1v) is 8.02. The van der Waals surface area contributed by atoms with E-state index in [2.05, 4.69) is 43.1 Å². The third kappa shape index (κ3) is 1.68. The molecule has 0 radical (unpaired) electrons. The highest BCUT2D eigenvalue weighted by molar-refractivity contribution is 6.10. The number of para-hydroxylation sites is 1. The molecule has 2 aliphatic heterocycles. The molecule has 1 saturated heterocycles. The fourth-order valence-electron chi connectivity index (χ4n) is 3.97. The van der Waals surface area contributed by atoms with Crippen LogP contribution in [0.1, 0.15) is 31.3 Å². The van der Waals surface area contributed by atoms with Gasteiger partial charge in [-0.25, -0.2) is 0 Å². The second-order valence-electron chi connectivity index (χ2n) is 6.95. The van der Waals surface area contributed by atoms with Crippen molar-refractivity contribution in [2.24, 2.45) is 0 Å². The van der Waals surface area contributed by atoms with Gasteiger partial charge in [-0.1, -0.05) is 18.2 Å². The highest BCUT2D eigenvalue weighted by atomic mass is 16.7. The van der Waals surface area contributed by atoms with E-state index in [1.165, 1.54) is 10.9 Å². The number of aromatic nitrogens is 1. The number of rotatable bonds is 1. The lowest BCUT2D eigenvalue weighted by molar-refractivity contribution is -0.0875. The summed E-state index contributed by atoms with van der Waals surface area (Å²) in [5.41, 5.74) is 4.21. The fraction of sp³-hybridized carbons (Fsp3) is 0.368. The van der Waals surface area contributed by atoms with Crippen LogP contribution in [0.15, 0.2) is 30.3 Å². The van der Waals surface area contributed by atoms with Crippen molar-refractivity contribution >= 4 is 21.8 Å². The highest BCUT2D eigenvalue weighted by Crippen LogP contribution is 2.49. The van der Waals surface area contributed by atoms with Crippen LogP contribution in [0.5, 0.6) is 5.75 Å². The summed E-state index contributed by atoms with van der Waals surface area (Å²) in [6, 6.07) is 10.5. The van der Waals surface area contributed by atoms with Crippen LogP contribution in [0.4, 0.5) is 0 Å². The van der Waals surface area contributed by atoms with Crippen molar-refractivity contribution in [2.45, 2.75) is 38.3 Å². The summed E-state index contributed by atoms with van der Waals surface area (Å²) in [5, 5.41) is 2.36. The van der Waals surface area contributed by atoms with E-state index in [4.69, 9.17) is 14.2 Å². The lowest BCUT2D eigenvalue weighted by Gasteiger charge is -2.26. The van der Waals surface area contributed by atoms with Crippen molar-refractivity contribution in [3.63, 3.8) is 0 Å². The van der Waals surface area contributed by atoms with E-state index in [1.807, 2.05) is 6.07 Å². The van der Waals surface area contributed by atoms with Crippen LogP contribution < -0.4 is 4.74 Å². The largest absolute Gasteiger partial charge is 0.494 e. The van der Waals surface area contributed by atoms with E-state index >= 15 is 0 Å². The summed E-state index contributed by atoms with van der Waals surface area (Å²) in [5.74, 6) is 0.924. The number of aromatic amines is 1. The summed E-state index contributed by atoms with van der Waals surface area (Å²) in [6.07, 6.45) is 0.578. The van der Waals surface area contributed by atoms with E-state index in [0.717, 1.165) is 34.2 Å². The van der Waals surface area contributed by atoms with Gasteiger partial charge in [-0.2, -0.15) is 0 Å². The Morgan fingerprint density at radius 3 is 2.87 bits per heavy atom. The van der Waals surface area contributed by atoms with Gasteiger partial charge in [0, 0.05) is 33.8 Å². The third-order valence-corrected chi connectivity index (χ3v) is 5.22. The molecule has 0 unspecified atom stereocenters. The molecule has 1 fully saturated rings. The SMILES string of the molecule is COc1c2c(cc3c1[nH]c1ccccc13)[C@H]1O[C@@H](C2)C(C)(C)O1. The number of fused-ring (bicyclic) bond motifs is 7. The summed E-state index contributed by atoms with van der Waals surface area (Å²) in [6.45, 7) is 4.19. The molecule has 1 aromatic heterocycles. The molecule has 5 rings (SSSR count). The van der Waals surface area contributed by atoms with Crippen LogP contribution in [0, 0.1) is 0 Å². The smallest absolute Gasteiger partial charge is 0.185 e. The minimum atomic E-state index is -0.300. The van der Waals surface area contributed by atoms with Crippen LogP contribution in [0.3, 0.4) is 0 Å². The molecular formula is C19H19NO3. The summed E-state index contributed by atoms with van der Waals surface area (Å²) in [4.78, 5) is 3.51. The summed E-state index contributed by atoms with van der Waals surface area (Å²) in [7, 11) is 1.74. The van der Waals surface area contributed by atoms with E-state index in [1.54, 1.807) is 7.11 Å². The standard InChI is InChI=1S/C19H19NO3/c1-19(2)15-9-12-13(18(22-15)23-19)8-11-10-6-4-5-7-14(10)20-16(11)17(12)21-3/h4-8,15,18,20H,9H2,1-3H3/t15-,18-/m0/s1. The van der Waals surface area contributed by atoms with E-state index < -0.39 is 0 Å². The lowest BCUT2D eigenvalue weighted by atomic mass is 9.91. The van der Waals surface area contributed by atoms with E-state index in [0.29, 0.717) is 0 Å². The van der Waals surface area contributed by atoms with E-state index in [9.17, 15) is 0 Å². The van der Waals surface area contributed by atoms with Gasteiger partial charge in [-0.3, -0.25) is 0 Å². The van der Waals surface area contributed by atoms with Crippen molar-refractivity contribution in [2.75, 3.05) is 7.11 Å². The fourth-order valence-corrected chi connectivity index (χ4v) is 3.97. The zero-order valence-corrected chi connectivity index (χ0v) is 13.5. The summed E-state index contributed by atoms with van der Waals surface area (Å²) >= 11 is 0. The molecule has 3 aromatic rings. The average Bonchev–Trinajstić information content (AvgIpc) is 3.01. The predicted molar refractivity (Wildman–Crippen MR) is 88.8 cm³/mol. The average molecular weight is 309 g/mol. The number of nitrogens with one attached hydrogen (secondary N) is 1. The Morgan fingerprint density at radius 1 is 1.22 bits per heavy atom. The Kier molecular flexibility index (Phi) is 2.49. The summed E-state index contributed by atoms with van der Waals surface area (Å²) < 4.78 is 18.0. The van der Waals surface area contributed by atoms with Gasteiger partial charge in [-0.05, 0) is 26.0 Å². The maximum absolute atomic E-state index is 6.15. The number of hydrogen-bond donors (Lipinski definition) is 1.